The molecule has 1 saturated heterocycles. The van der Waals surface area contributed by atoms with Gasteiger partial charge in [0, 0.05) is 39.6 Å². The van der Waals surface area contributed by atoms with E-state index in [0.717, 1.165) is 50.3 Å². The Bertz CT molecular complexity index is 1720. The van der Waals surface area contributed by atoms with Gasteiger partial charge < -0.3 is 9.30 Å². The highest BCUT2D eigenvalue weighted by Crippen LogP contribution is 2.34. The molecule has 5 nitrogen and oxygen atoms in total. The number of thioether (sulfide) groups is 1. The molecule has 0 spiro atoms. The molecule has 1 aromatic heterocycles. The largest absolute Gasteiger partial charge is 0.491 e. The number of amides is 2. The molecule has 1 fully saturated rings. The van der Waals surface area contributed by atoms with Crippen molar-refractivity contribution in [1.29, 1.82) is 0 Å². The first kappa shape index (κ1) is 24.3. The molecule has 0 saturated carbocycles. The third kappa shape index (κ3) is 4.69. The summed E-state index contributed by atoms with van der Waals surface area (Å²) in [5, 5.41) is 3.50. The predicted octanol–water partition coefficient (Wildman–Crippen LogP) is 7.61. The molecular formula is C31H23ClN2O3S. The third-order valence-corrected chi connectivity index (χ3v) is 7.88. The summed E-state index contributed by atoms with van der Waals surface area (Å²) in [6, 6.07) is 29.6. The number of halogens is 1. The lowest BCUT2D eigenvalue weighted by Crippen LogP contribution is -2.32. The number of carbonyl (C=O) groups excluding carboxylic acids is 2. The van der Waals surface area contributed by atoms with Gasteiger partial charge >= 0.3 is 0 Å². The summed E-state index contributed by atoms with van der Waals surface area (Å²) in [5.41, 5.74) is 2.92. The highest BCUT2D eigenvalue weighted by atomic mass is 35.5. The normalized spacial score (nSPS) is 14.8. The van der Waals surface area contributed by atoms with Crippen LogP contribution in [0.5, 0.6) is 5.75 Å². The van der Waals surface area contributed by atoms with Crippen LogP contribution in [0.2, 0.25) is 5.02 Å². The number of aromatic nitrogens is 1. The maximum absolute atomic E-state index is 13.2. The van der Waals surface area contributed by atoms with Crippen LogP contribution in [-0.2, 0) is 11.3 Å². The van der Waals surface area contributed by atoms with Gasteiger partial charge in [0.05, 0.1) is 11.4 Å². The fourth-order valence-electron chi connectivity index (χ4n) is 4.73. The minimum Gasteiger partial charge on any atom is -0.491 e. The molecular weight excluding hydrogens is 516 g/mol. The predicted molar refractivity (Wildman–Crippen MR) is 155 cm³/mol. The molecule has 2 heterocycles. The van der Waals surface area contributed by atoms with Gasteiger partial charge in [-0.05, 0) is 47.0 Å². The Kier molecular flexibility index (Phi) is 6.66. The van der Waals surface area contributed by atoms with Gasteiger partial charge in [-0.25, -0.2) is 0 Å². The average molecular weight is 539 g/mol. The van der Waals surface area contributed by atoms with Gasteiger partial charge in [0.25, 0.3) is 11.1 Å². The van der Waals surface area contributed by atoms with Gasteiger partial charge in [-0.3, -0.25) is 14.5 Å². The first-order valence-corrected chi connectivity index (χ1v) is 13.4. The van der Waals surface area contributed by atoms with Crippen LogP contribution in [-0.4, -0.2) is 33.8 Å². The van der Waals surface area contributed by atoms with Crippen molar-refractivity contribution in [3.8, 4) is 5.75 Å². The van der Waals surface area contributed by atoms with Crippen molar-refractivity contribution in [2.45, 2.75) is 6.54 Å². The average Bonchev–Trinajstić information content (AvgIpc) is 3.41. The Morgan fingerprint density at radius 2 is 1.58 bits per heavy atom. The Morgan fingerprint density at radius 1 is 0.842 bits per heavy atom. The molecule has 1 aliphatic heterocycles. The summed E-state index contributed by atoms with van der Waals surface area (Å²) >= 11 is 7.37. The Hall–Kier alpha value is -4.00. The standard InChI is InChI=1S/C31H23ClN2O3S/c32-26-13-5-2-9-22(26)19-33-20-23(24-11-4-6-14-27(24)33)18-29-30(35)34(31(36)38-29)16-17-37-28-15-7-10-21-8-1-3-12-25(21)28/h1-15,18,20H,16-17,19H2/b29-18-. The van der Waals surface area contributed by atoms with Crippen LogP contribution in [0.15, 0.2) is 102 Å². The smallest absolute Gasteiger partial charge is 0.293 e. The number of para-hydroxylation sites is 1. The zero-order chi connectivity index (χ0) is 26.1. The van der Waals surface area contributed by atoms with Crippen LogP contribution in [0.3, 0.4) is 0 Å². The first-order valence-electron chi connectivity index (χ1n) is 12.3. The zero-order valence-electron chi connectivity index (χ0n) is 20.3. The van der Waals surface area contributed by atoms with Crippen molar-refractivity contribution in [3.05, 3.63) is 118 Å². The fourth-order valence-corrected chi connectivity index (χ4v) is 5.79. The Labute approximate surface area is 229 Å². The summed E-state index contributed by atoms with van der Waals surface area (Å²) in [5.74, 6) is 0.432. The van der Waals surface area contributed by atoms with E-state index in [1.165, 1.54) is 4.90 Å². The molecule has 7 heteroatoms. The number of nitrogens with zero attached hydrogens (tertiary/aromatic N) is 2. The second-order valence-corrected chi connectivity index (χ2v) is 10.4. The van der Waals surface area contributed by atoms with E-state index in [9.17, 15) is 9.59 Å². The number of ether oxygens (including phenoxy) is 1. The summed E-state index contributed by atoms with van der Waals surface area (Å²) in [6.07, 6.45) is 3.81. The zero-order valence-corrected chi connectivity index (χ0v) is 21.9. The number of imide groups is 1. The molecule has 0 N–H and O–H groups in total. The lowest BCUT2D eigenvalue weighted by atomic mass is 10.1. The molecule has 0 unspecified atom stereocenters. The van der Waals surface area contributed by atoms with Crippen LogP contribution in [0, 0.1) is 0 Å². The van der Waals surface area contributed by atoms with Gasteiger partial charge in [-0.1, -0.05) is 84.4 Å². The van der Waals surface area contributed by atoms with Gasteiger partial charge in [-0.2, -0.15) is 0 Å². The third-order valence-electron chi connectivity index (χ3n) is 6.60. The van der Waals surface area contributed by atoms with E-state index < -0.39 is 0 Å². The molecule has 4 aromatic carbocycles. The number of fused-ring (bicyclic) bond motifs is 2. The van der Waals surface area contributed by atoms with Crippen molar-refractivity contribution in [2.24, 2.45) is 0 Å². The summed E-state index contributed by atoms with van der Waals surface area (Å²) in [4.78, 5) is 27.6. The van der Waals surface area contributed by atoms with Crippen molar-refractivity contribution in [2.75, 3.05) is 13.2 Å². The van der Waals surface area contributed by atoms with Crippen LogP contribution in [0.25, 0.3) is 27.8 Å². The minimum atomic E-state index is -0.301. The molecule has 0 radical (unpaired) electrons. The number of carbonyl (C=O) groups is 2. The minimum absolute atomic E-state index is 0.180. The number of hydrogen-bond donors (Lipinski definition) is 0. The number of hydrogen-bond acceptors (Lipinski definition) is 4. The van der Waals surface area contributed by atoms with Crippen LogP contribution < -0.4 is 4.74 Å². The van der Waals surface area contributed by atoms with E-state index in [2.05, 4.69) is 4.57 Å². The SMILES string of the molecule is O=C1S/C(=C\c2cn(Cc3ccccc3Cl)c3ccccc23)C(=O)N1CCOc1cccc2ccccc12. The second kappa shape index (κ2) is 10.4. The van der Waals surface area contributed by atoms with Gasteiger partial charge in [-0.15, -0.1) is 0 Å². The molecule has 2 amide bonds. The number of benzene rings is 4. The lowest BCUT2D eigenvalue weighted by molar-refractivity contribution is -0.123. The van der Waals surface area contributed by atoms with E-state index in [4.69, 9.17) is 16.3 Å². The maximum atomic E-state index is 13.2. The van der Waals surface area contributed by atoms with E-state index in [1.807, 2.05) is 103 Å². The summed E-state index contributed by atoms with van der Waals surface area (Å²) in [6.45, 7) is 0.997. The molecule has 0 aliphatic carbocycles. The highest BCUT2D eigenvalue weighted by Gasteiger charge is 2.35. The van der Waals surface area contributed by atoms with E-state index in [1.54, 1.807) is 0 Å². The molecule has 6 rings (SSSR count). The number of rotatable bonds is 7. The van der Waals surface area contributed by atoms with Gasteiger partial charge in [0.2, 0.25) is 0 Å². The van der Waals surface area contributed by atoms with Gasteiger partial charge in [0.1, 0.15) is 12.4 Å². The molecule has 38 heavy (non-hydrogen) atoms. The summed E-state index contributed by atoms with van der Waals surface area (Å²) in [7, 11) is 0. The molecule has 0 atom stereocenters. The monoisotopic (exact) mass is 538 g/mol. The van der Waals surface area contributed by atoms with Crippen molar-refractivity contribution in [1.82, 2.24) is 9.47 Å². The lowest BCUT2D eigenvalue weighted by Gasteiger charge is -2.14. The van der Waals surface area contributed by atoms with Crippen LogP contribution >= 0.6 is 23.4 Å². The second-order valence-electron chi connectivity index (χ2n) is 8.98. The van der Waals surface area contributed by atoms with Crippen LogP contribution in [0.1, 0.15) is 11.1 Å². The van der Waals surface area contributed by atoms with Gasteiger partial charge in [0.15, 0.2) is 0 Å². The molecule has 1 aliphatic rings. The van der Waals surface area contributed by atoms with Crippen molar-refractivity contribution < 1.29 is 14.3 Å². The highest BCUT2D eigenvalue weighted by molar-refractivity contribution is 8.18. The van der Waals surface area contributed by atoms with E-state index in [-0.39, 0.29) is 24.3 Å². The Morgan fingerprint density at radius 3 is 2.45 bits per heavy atom. The van der Waals surface area contributed by atoms with Crippen molar-refractivity contribution in [3.63, 3.8) is 0 Å². The topological polar surface area (TPSA) is 51.5 Å². The molecule has 0 bridgehead atoms. The first-order chi connectivity index (χ1) is 18.6. The van der Waals surface area contributed by atoms with Crippen LogP contribution in [0.4, 0.5) is 4.79 Å². The van der Waals surface area contributed by atoms with E-state index >= 15 is 0 Å². The Balaban J connectivity index is 1.21. The summed E-state index contributed by atoms with van der Waals surface area (Å²) < 4.78 is 8.09. The quantitative estimate of drug-likeness (QED) is 0.200. The van der Waals surface area contributed by atoms with Crippen molar-refractivity contribution >= 4 is 62.3 Å². The molecule has 5 aromatic rings. The molecule has 188 valence electrons. The maximum Gasteiger partial charge on any atom is 0.293 e. The fraction of sp³-hybridized carbons (Fsp3) is 0.0968. The van der Waals surface area contributed by atoms with E-state index in [0.29, 0.717) is 16.5 Å².